The van der Waals surface area contributed by atoms with Gasteiger partial charge in [0.25, 0.3) is 0 Å². The standard InChI is InChI=1S/C20H32N2O/c1-4-6-8-16(7-5-2)14-20(22)18-11-9-17(10-12-18)13-19(21)15(3)23/h9-12,16,19,22-23H,3-8,13-14,21H2,1-2H3. The number of benzene rings is 1. The summed E-state index contributed by atoms with van der Waals surface area (Å²) in [6.07, 6.45) is 7.51. The van der Waals surface area contributed by atoms with E-state index in [9.17, 15) is 5.11 Å². The fourth-order valence-electron chi connectivity index (χ4n) is 2.87. The molecule has 128 valence electrons. The normalized spacial score (nSPS) is 13.5. The van der Waals surface area contributed by atoms with Crippen LogP contribution in [0, 0.1) is 11.3 Å². The molecule has 0 aliphatic carbocycles. The van der Waals surface area contributed by atoms with Crippen molar-refractivity contribution in [2.45, 2.75) is 64.8 Å². The maximum atomic E-state index is 9.29. The summed E-state index contributed by atoms with van der Waals surface area (Å²) in [7, 11) is 0. The summed E-state index contributed by atoms with van der Waals surface area (Å²) >= 11 is 0. The monoisotopic (exact) mass is 316 g/mol. The first-order chi connectivity index (χ1) is 11.0. The molecule has 1 rings (SSSR count). The van der Waals surface area contributed by atoms with Crippen molar-refractivity contribution in [1.29, 1.82) is 5.41 Å². The number of hydrogen-bond donors (Lipinski definition) is 3. The second-order valence-electron chi connectivity index (χ2n) is 6.48. The van der Waals surface area contributed by atoms with Gasteiger partial charge in [0, 0.05) is 5.71 Å². The summed E-state index contributed by atoms with van der Waals surface area (Å²) in [5.41, 5.74) is 8.57. The molecular weight excluding hydrogens is 284 g/mol. The van der Waals surface area contributed by atoms with Gasteiger partial charge in [0.1, 0.15) is 5.76 Å². The summed E-state index contributed by atoms with van der Waals surface area (Å²) in [6, 6.07) is 7.55. The molecule has 0 spiro atoms. The Kier molecular flexibility index (Phi) is 8.64. The van der Waals surface area contributed by atoms with E-state index in [0.717, 1.165) is 23.3 Å². The van der Waals surface area contributed by atoms with Crippen LogP contribution in [0.25, 0.3) is 0 Å². The summed E-state index contributed by atoms with van der Waals surface area (Å²) in [6.45, 7) is 7.91. The molecule has 0 bridgehead atoms. The van der Waals surface area contributed by atoms with Crippen molar-refractivity contribution in [1.82, 2.24) is 0 Å². The van der Waals surface area contributed by atoms with E-state index in [2.05, 4.69) is 20.4 Å². The summed E-state index contributed by atoms with van der Waals surface area (Å²) in [4.78, 5) is 0. The van der Waals surface area contributed by atoms with Gasteiger partial charge in [0.05, 0.1) is 6.04 Å². The predicted molar refractivity (Wildman–Crippen MR) is 99.3 cm³/mol. The number of nitrogens with one attached hydrogen (secondary N) is 1. The molecule has 4 N–H and O–H groups in total. The third-order valence-electron chi connectivity index (χ3n) is 4.34. The molecule has 1 aromatic carbocycles. The molecule has 1 aromatic rings. The van der Waals surface area contributed by atoms with Crippen LogP contribution in [0.5, 0.6) is 0 Å². The molecule has 2 atom stereocenters. The van der Waals surface area contributed by atoms with Gasteiger partial charge >= 0.3 is 0 Å². The molecule has 2 unspecified atom stereocenters. The lowest BCUT2D eigenvalue weighted by Crippen LogP contribution is -2.24. The number of unbranched alkanes of at least 4 members (excludes halogenated alkanes) is 1. The van der Waals surface area contributed by atoms with Crippen molar-refractivity contribution >= 4 is 5.71 Å². The quantitative estimate of drug-likeness (QED) is 0.397. The summed E-state index contributed by atoms with van der Waals surface area (Å²) in [5.74, 6) is 0.637. The van der Waals surface area contributed by atoms with E-state index in [-0.39, 0.29) is 5.76 Å². The predicted octanol–water partition coefficient (Wildman–Crippen LogP) is 4.99. The lowest BCUT2D eigenvalue weighted by atomic mass is 9.89. The van der Waals surface area contributed by atoms with Crippen LogP contribution in [0.1, 0.15) is 63.5 Å². The second kappa shape index (κ2) is 10.2. The van der Waals surface area contributed by atoms with E-state index in [0.29, 0.717) is 12.3 Å². The highest BCUT2D eigenvalue weighted by molar-refractivity contribution is 5.98. The zero-order chi connectivity index (χ0) is 17.2. The van der Waals surface area contributed by atoms with E-state index in [1.165, 1.54) is 32.1 Å². The number of nitrogens with two attached hydrogens (primary N) is 1. The maximum absolute atomic E-state index is 9.29. The van der Waals surface area contributed by atoms with Crippen LogP contribution in [-0.4, -0.2) is 16.9 Å². The maximum Gasteiger partial charge on any atom is 0.102 e. The molecule has 0 radical (unpaired) electrons. The van der Waals surface area contributed by atoms with Crippen LogP contribution >= 0.6 is 0 Å². The first kappa shape index (κ1) is 19.4. The van der Waals surface area contributed by atoms with Gasteiger partial charge in [-0.2, -0.15) is 0 Å². The van der Waals surface area contributed by atoms with Crippen molar-refractivity contribution in [3.63, 3.8) is 0 Å². The average Bonchev–Trinajstić information content (AvgIpc) is 2.53. The van der Waals surface area contributed by atoms with E-state index in [1.54, 1.807) is 0 Å². The van der Waals surface area contributed by atoms with Gasteiger partial charge in [0.2, 0.25) is 0 Å². The minimum absolute atomic E-state index is 0.0140. The molecule has 3 heteroatoms. The highest BCUT2D eigenvalue weighted by Gasteiger charge is 2.12. The van der Waals surface area contributed by atoms with E-state index in [4.69, 9.17) is 11.1 Å². The molecule has 0 saturated carbocycles. The van der Waals surface area contributed by atoms with Crippen LogP contribution in [-0.2, 0) is 6.42 Å². The summed E-state index contributed by atoms with van der Waals surface area (Å²) < 4.78 is 0. The molecule has 0 heterocycles. The Morgan fingerprint density at radius 3 is 2.35 bits per heavy atom. The number of rotatable bonds is 11. The van der Waals surface area contributed by atoms with Crippen molar-refractivity contribution < 1.29 is 5.11 Å². The third-order valence-corrected chi connectivity index (χ3v) is 4.34. The highest BCUT2D eigenvalue weighted by atomic mass is 16.3. The fraction of sp³-hybridized carbons (Fsp3) is 0.550. The van der Waals surface area contributed by atoms with Crippen molar-refractivity contribution in [2.75, 3.05) is 0 Å². The van der Waals surface area contributed by atoms with Gasteiger partial charge in [-0.25, -0.2) is 0 Å². The molecule has 23 heavy (non-hydrogen) atoms. The topological polar surface area (TPSA) is 70.1 Å². The van der Waals surface area contributed by atoms with Crippen LogP contribution < -0.4 is 5.73 Å². The fourth-order valence-corrected chi connectivity index (χ4v) is 2.87. The average molecular weight is 316 g/mol. The second-order valence-corrected chi connectivity index (χ2v) is 6.48. The largest absolute Gasteiger partial charge is 0.511 e. The molecule has 0 aliphatic rings. The smallest absolute Gasteiger partial charge is 0.102 e. The Labute approximate surface area is 141 Å². The van der Waals surface area contributed by atoms with E-state index < -0.39 is 6.04 Å². The van der Waals surface area contributed by atoms with Gasteiger partial charge in [-0.3, -0.25) is 0 Å². The molecule has 0 aliphatic heterocycles. The van der Waals surface area contributed by atoms with Crippen molar-refractivity contribution in [3.8, 4) is 0 Å². The Morgan fingerprint density at radius 2 is 1.83 bits per heavy atom. The number of aliphatic hydroxyl groups excluding tert-OH is 1. The highest BCUT2D eigenvalue weighted by Crippen LogP contribution is 2.21. The Bertz CT molecular complexity index is 493. The zero-order valence-corrected chi connectivity index (χ0v) is 14.6. The summed E-state index contributed by atoms with van der Waals surface area (Å²) in [5, 5.41) is 17.7. The third kappa shape index (κ3) is 7.00. The lowest BCUT2D eigenvalue weighted by molar-refractivity contribution is 0.368. The molecule has 0 fully saturated rings. The molecule has 3 nitrogen and oxygen atoms in total. The Morgan fingerprint density at radius 1 is 1.17 bits per heavy atom. The molecule has 0 saturated heterocycles. The Hall–Kier alpha value is -1.61. The molecule has 0 aromatic heterocycles. The van der Waals surface area contributed by atoms with Crippen LogP contribution in [0.2, 0.25) is 0 Å². The minimum Gasteiger partial charge on any atom is -0.511 e. The van der Waals surface area contributed by atoms with Gasteiger partial charge in [-0.15, -0.1) is 0 Å². The Balaban J connectivity index is 2.63. The van der Waals surface area contributed by atoms with Gasteiger partial charge in [-0.1, -0.05) is 76.8 Å². The zero-order valence-electron chi connectivity index (χ0n) is 14.6. The molecule has 0 amide bonds. The van der Waals surface area contributed by atoms with E-state index >= 15 is 0 Å². The van der Waals surface area contributed by atoms with Gasteiger partial charge in [0.15, 0.2) is 0 Å². The SMILES string of the molecule is C=C(O)C(N)Cc1ccc(C(=N)CC(CCC)CCCC)cc1. The van der Waals surface area contributed by atoms with E-state index in [1.807, 2.05) is 24.3 Å². The minimum atomic E-state index is -0.428. The van der Waals surface area contributed by atoms with Crippen LogP contribution in [0.15, 0.2) is 36.6 Å². The first-order valence-corrected chi connectivity index (χ1v) is 8.77. The lowest BCUT2D eigenvalue weighted by Gasteiger charge is -2.17. The van der Waals surface area contributed by atoms with Gasteiger partial charge < -0.3 is 16.2 Å². The van der Waals surface area contributed by atoms with Gasteiger partial charge in [-0.05, 0) is 29.9 Å². The first-order valence-electron chi connectivity index (χ1n) is 8.77. The number of aliphatic hydroxyl groups is 1. The van der Waals surface area contributed by atoms with Crippen LogP contribution in [0.4, 0.5) is 0 Å². The number of hydrogen-bond acceptors (Lipinski definition) is 3. The van der Waals surface area contributed by atoms with Crippen molar-refractivity contribution in [3.05, 3.63) is 47.7 Å². The molecular formula is C20H32N2O. The van der Waals surface area contributed by atoms with Crippen LogP contribution in [0.3, 0.4) is 0 Å². The van der Waals surface area contributed by atoms with Crippen molar-refractivity contribution in [2.24, 2.45) is 11.7 Å².